The summed E-state index contributed by atoms with van der Waals surface area (Å²) in [5, 5.41) is 22.2. The summed E-state index contributed by atoms with van der Waals surface area (Å²) in [7, 11) is 0. The van der Waals surface area contributed by atoms with Crippen molar-refractivity contribution < 1.29 is 19.6 Å². The van der Waals surface area contributed by atoms with Gasteiger partial charge in [-0.15, -0.1) is 0 Å². The second kappa shape index (κ2) is 6.09. The highest BCUT2D eigenvalue weighted by atomic mass is 35.5. The third-order valence-electron chi connectivity index (χ3n) is 3.27. The van der Waals surface area contributed by atoms with Crippen LogP contribution in [0.15, 0.2) is 18.2 Å². The Morgan fingerprint density at radius 3 is 2.62 bits per heavy atom. The third-order valence-corrected chi connectivity index (χ3v) is 3.63. The lowest BCUT2D eigenvalue weighted by Gasteiger charge is -2.13. The van der Waals surface area contributed by atoms with Crippen LogP contribution in [-0.4, -0.2) is 27.9 Å². The van der Waals surface area contributed by atoms with E-state index in [1.807, 2.05) is 0 Å². The number of carboxylic acid groups (broad SMARTS) is 1. The Kier molecular flexibility index (Phi) is 4.42. The first-order valence-corrected chi connectivity index (χ1v) is 6.71. The predicted octanol–water partition coefficient (Wildman–Crippen LogP) is 1.77. The second-order valence-electron chi connectivity index (χ2n) is 4.93. The fraction of sp³-hybridized carbons (Fsp3) is 0.385. The Hall–Kier alpha value is -2.15. The highest BCUT2D eigenvalue weighted by molar-refractivity contribution is 6.31. The van der Waals surface area contributed by atoms with Gasteiger partial charge in [-0.05, 0) is 24.3 Å². The van der Waals surface area contributed by atoms with E-state index in [1.165, 1.54) is 18.2 Å². The maximum Gasteiger partial charge on any atom is 0.326 e. The van der Waals surface area contributed by atoms with Crippen LogP contribution in [-0.2, 0) is 16.0 Å². The Labute approximate surface area is 125 Å². The van der Waals surface area contributed by atoms with Gasteiger partial charge in [0, 0.05) is 12.1 Å². The molecule has 0 saturated heterocycles. The first kappa shape index (κ1) is 15.2. The van der Waals surface area contributed by atoms with E-state index in [9.17, 15) is 19.7 Å². The molecule has 1 aliphatic carbocycles. The molecule has 0 radical (unpaired) electrons. The number of carboxylic acids is 1. The zero-order valence-electron chi connectivity index (χ0n) is 10.9. The molecule has 7 nitrogen and oxygen atoms in total. The molecule has 0 bridgehead atoms. The Morgan fingerprint density at radius 2 is 2.14 bits per heavy atom. The van der Waals surface area contributed by atoms with Gasteiger partial charge < -0.3 is 10.4 Å². The molecule has 0 aromatic heterocycles. The summed E-state index contributed by atoms with van der Waals surface area (Å²) in [6.07, 6.45) is 1.46. The quantitative estimate of drug-likeness (QED) is 0.614. The molecule has 2 rings (SSSR count). The van der Waals surface area contributed by atoms with Crippen molar-refractivity contribution in [2.45, 2.75) is 25.3 Å². The van der Waals surface area contributed by atoms with Crippen LogP contribution in [0, 0.1) is 16.0 Å². The van der Waals surface area contributed by atoms with Crippen molar-refractivity contribution in [3.8, 4) is 0 Å². The van der Waals surface area contributed by atoms with Gasteiger partial charge >= 0.3 is 5.97 Å². The number of hydrogen-bond donors (Lipinski definition) is 2. The molecule has 1 atom stereocenters. The molecule has 21 heavy (non-hydrogen) atoms. The predicted molar refractivity (Wildman–Crippen MR) is 74.1 cm³/mol. The second-order valence-corrected chi connectivity index (χ2v) is 5.34. The van der Waals surface area contributed by atoms with Crippen molar-refractivity contribution in [2.24, 2.45) is 5.92 Å². The van der Waals surface area contributed by atoms with Gasteiger partial charge in [0.15, 0.2) is 0 Å². The summed E-state index contributed by atoms with van der Waals surface area (Å²) in [5.74, 6) is -1.54. The number of aliphatic carboxylic acids is 1. The lowest BCUT2D eigenvalue weighted by atomic mass is 10.1. The molecule has 0 aliphatic heterocycles. The van der Waals surface area contributed by atoms with E-state index in [-0.39, 0.29) is 23.0 Å². The number of nitrogens with zero attached hydrogens (tertiary/aromatic N) is 1. The van der Waals surface area contributed by atoms with Gasteiger partial charge in [-0.3, -0.25) is 14.9 Å². The zero-order valence-corrected chi connectivity index (χ0v) is 11.7. The van der Waals surface area contributed by atoms with Gasteiger partial charge in [0.2, 0.25) is 5.91 Å². The first-order valence-electron chi connectivity index (χ1n) is 6.33. The average molecular weight is 313 g/mol. The van der Waals surface area contributed by atoms with E-state index in [0.29, 0.717) is 5.56 Å². The number of nitro groups is 1. The average Bonchev–Trinajstić information content (AvgIpc) is 3.22. The molecule has 1 saturated carbocycles. The van der Waals surface area contributed by atoms with Crippen LogP contribution >= 0.6 is 11.6 Å². The monoisotopic (exact) mass is 312 g/mol. The van der Waals surface area contributed by atoms with Gasteiger partial charge in [-0.2, -0.15) is 0 Å². The van der Waals surface area contributed by atoms with E-state index >= 15 is 0 Å². The molecule has 0 heterocycles. The minimum absolute atomic E-state index is 0.0150. The van der Waals surface area contributed by atoms with Crippen molar-refractivity contribution in [1.29, 1.82) is 0 Å². The van der Waals surface area contributed by atoms with Gasteiger partial charge in [0.05, 0.1) is 16.4 Å². The molecule has 112 valence electrons. The van der Waals surface area contributed by atoms with Crippen LogP contribution in [0.2, 0.25) is 5.02 Å². The number of hydrogen-bond acceptors (Lipinski definition) is 4. The molecule has 1 unspecified atom stereocenters. The van der Waals surface area contributed by atoms with Crippen molar-refractivity contribution >= 4 is 29.2 Å². The highest BCUT2D eigenvalue weighted by Crippen LogP contribution is 2.32. The summed E-state index contributed by atoms with van der Waals surface area (Å²) in [6.45, 7) is 0. The minimum Gasteiger partial charge on any atom is -0.480 e. The van der Waals surface area contributed by atoms with E-state index in [2.05, 4.69) is 5.32 Å². The Balaban J connectivity index is 2.02. The van der Waals surface area contributed by atoms with Crippen molar-refractivity contribution in [3.63, 3.8) is 0 Å². The van der Waals surface area contributed by atoms with Gasteiger partial charge in [-0.25, -0.2) is 4.79 Å². The molecule has 2 N–H and O–H groups in total. The smallest absolute Gasteiger partial charge is 0.326 e. The molecule has 1 aliphatic rings. The normalized spacial score (nSPS) is 15.3. The van der Waals surface area contributed by atoms with Crippen molar-refractivity contribution in [2.75, 3.05) is 0 Å². The zero-order chi connectivity index (χ0) is 15.6. The molecule has 1 aromatic rings. The summed E-state index contributed by atoms with van der Waals surface area (Å²) >= 11 is 5.89. The Bertz CT molecular complexity index is 600. The lowest BCUT2D eigenvalue weighted by molar-refractivity contribution is -0.384. The lowest BCUT2D eigenvalue weighted by Crippen LogP contribution is -2.43. The van der Waals surface area contributed by atoms with Crippen LogP contribution in [0.5, 0.6) is 0 Å². The number of amides is 1. The van der Waals surface area contributed by atoms with Crippen molar-refractivity contribution in [1.82, 2.24) is 5.32 Å². The van der Waals surface area contributed by atoms with Gasteiger partial charge in [0.25, 0.3) is 5.69 Å². The summed E-state index contributed by atoms with van der Waals surface area (Å²) in [4.78, 5) is 32.9. The molecule has 1 fully saturated rings. The highest BCUT2D eigenvalue weighted by Gasteiger charge is 2.37. The fourth-order valence-electron chi connectivity index (χ4n) is 2.00. The topological polar surface area (TPSA) is 110 Å². The molecule has 1 amide bonds. The van der Waals surface area contributed by atoms with Crippen LogP contribution in [0.4, 0.5) is 5.69 Å². The standard InChI is InChI=1S/C13H13ClN2O5/c14-10-6-9(16(20)21)4-3-8(10)5-11(17)15-12(13(18)19)7-1-2-7/h3-4,6-7,12H,1-2,5H2,(H,15,17)(H,18,19). The van der Waals surface area contributed by atoms with E-state index < -0.39 is 22.8 Å². The number of carbonyl (C=O) groups excluding carboxylic acids is 1. The molecule has 0 spiro atoms. The number of nitrogens with one attached hydrogen (secondary N) is 1. The summed E-state index contributed by atoms with van der Waals surface area (Å²) < 4.78 is 0. The number of non-ortho nitro benzene ring substituents is 1. The minimum atomic E-state index is -1.05. The van der Waals surface area contributed by atoms with Crippen LogP contribution in [0.1, 0.15) is 18.4 Å². The third kappa shape index (κ3) is 3.91. The van der Waals surface area contributed by atoms with Crippen molar-refractivity contribution in [3.05, 3.63) is 38.9 Å². The Morgan fingerprint density at radius 1 is 1.48 bits per heavy atom. The van der Waals surface area contributed by atoms with Crippen LogP contribution in [0.25, 0.3) is 0 Å². The van der Waals surface area contributed by atoms with E-state index in [4.69, 9.17) is 16.7 Å². The maximum atomic E-state index is 11.9. The first-order chi connectivity index (χ1) is 9.88. The van der Waals surface area contributed by atoms with E-state index in [0.717, 1.165) is 12.8 Å². The van der Waals surface area contributed by atoms with Gasteiger partial charge in [0.1, 0.15) is 6.04 Å². The van der Waals surface area contributed by atoms with E-state index in [1.54, 1.807) is 0 Å². The number of halogens is 1. The number of rotatable bonds is 6. The maximum absolute atomic E-state index is 11.9. The number of benzene rings is 1. The number of nitro benzene ring substituents is 1. The largest absolute Gasteiger partial charge is 0.480 e. The summed E-state index contributed by atoms with van der Waals surface area (Å²) in [5.41, 5.74) is 0.255. The molecule has 1 aromatic carbocycles. The SMILES string of the molecule is O=C(Cc1ccc([N+](=O)[O-])cc1Cl)NC(C(=O)O)C1CC1. The van der Waals surface area contributed by atoms with Gasteiger partial charge in [-0.1, -0.05) is 17.7 Å². The molecular formula is C13H13ClN2O5. The number of carbonyl (C=O) groups is 2. The molecule has 8 heteroatoms. The molecular weight excluding hydrogens is 300 g/mol. The van der Waals surface area contributed by atoms with Crippen LogP contribution < -0.4 is 5.32 Å². The van der Waals surface area contributed by atoms with Crippen LogP contribution in [0.3, 0.4) is 0 Å². The fourth-order valence-corrected chi connectivity index (χ4v) is 2.24. The summed E-state index contributed by atoms with van der Waals surface area (Å²) in [6, 6.07) is 2.94.